The average molecular weight is 368 g/mol. The second kappa shape index (κ2) is 6.26. The summed E-state index contributed by atoms with van der Waals surface area (Å²) in [5, 5.41) is 0.0778. The van der Waals surface area contributed by atoms with Crippen molar-refractivity contribution in [2.75, 3.05) is 19.1 Å². The van der Waals surface area contributed by atoms with E-state index in [4.69, 9.17) is 21.1 Å². The van der Waals surface area contributed by atoms with E-state index in [-0.39, 0.29) is 18.1 Å². The molecule has 0 bridgehead atoms. The Bertz CT molecular complexity index is 749. The Morgan fingerprint density at radius 2 is 2.09 bits per heavy atom. The molecule has 1 saturated heterocycles. The number of halogens is 1. The Morgan fingerprint density at radius 3 is 2.91 bits per heavy atom. The van der Waals surface area contributed by atoms with Crippen molar-refractivity contribution in [3.8, 4) is 11.5 Å². The highest BCUT2D eigenvalue weighted by atomic mass is 35.5. The lowest BCUT2D eigenvalue weighted by Gasteiger charge is -2.23. The molecule has 1 amide bonds. The van der Waals surface area contributed by atoms with Gasteiger partial charge in [0.1, 0.15) is 5.37 Å². The standard InChI is InChI=1S/C16H14ClNO3S2/c17-14-4-3-13(23-14)16-18(15(19)8-22-16)6-5-10-1-2-11-12(7-10)21-9-20-11/h1-4,7,16H,5-6,8-9H2. The van der Waals surface area contributed by atoms with Gasteiger partial charge < -0.3 is 14.4 Å². The van der Waals surface area contributed by atoms with E-state index in [1.165, 1.54) is 0 Å². The molecule has 0 spiro atoms. The molecule has 7 heteroatoms. The topological polar surface area (TPSA) is 38.8 Å². The van der Waals surface area contributed by atoms with E-state index in [0.717, 1.165) is 32.7 Å². The Hall–Kier alpha value is -1.37. The van der Waals surface area contributed by atoms with Crippen molar-refractivity contribution in [2.24, 2.45) is 0 Å². The van der Waals surface area contributed by atoms with Crippen LogP contribution in [0.1, 0.15) is 15.8 Å². The lowest BCUT2D eigenvalue weighted by molar-refractivity contribution is -0.127. The summed E-state index contributed by atoms with van der Waals surface area (Å²) in [5.74, 6) is 2.28. The van der Waals surface area contributed by atoms with Crippen LogP contribution in [0.5, 0.6) is 11.5 Å². The molecule has 3 heterocycles. The molecule has 2 aliphatic heterocycles. The van der Waals surface area contributed by atoms with Gasteiger partial charge in [-0.2, -0.15) is 0 Å². The van der Waals surface area contributed by atoms with Gasteiger partial charge in [-0.15, -0.1) is 23.1 Å². The fraction of sp³-hybridized carbons (Fsp3) is 0.312. The molecule has 1 atom stereocenters. The molecule has 0 radical (unpaired) electrons. The highest BCUT2D eigenvalue weighted by molar-refractivity contribution is 8.00. The summed E-state index contributed by atoms with van der Waals surface area (Å²) < 4.78 is 11.5. The second-order valence-electron chi connectivity index (χ2n) is 5.33. The van der Waals surface area contributed by atoms with E-state index in [1.54, 1.807) is 23.1 Å². The van der Waals surface area contributed by atoms with Crippen molar-refractivity contribution < 1.29 is 14.3 Å². The van der Waals surface area contributed by atoms with Crippen molar-refractivity contribution in [3.05, 3.63) is 45.1 Å². The first kappa shape index (κ1) is 15.2. The molecule has 2 aromatic rings. The molecule has 23 heavy (non-hydrogen) atoms. The number of thioether (sulfide) groups is 1. The van der Waals surface area contributed by atoms with Crippen molar-refractivity contribution in [1.29, 1.82) is 0 Å². The summed E-state index contributed by atoms with van der Waals surface area (Å²) in [6.07, 6.45) is 0.790. The monoisotopic (exact) mass is 367 g/mol. The Balaban J connectivity index is 1.47. The number of thiophene rings is 1. The van der Waals surface area contributed by atoms with Crippen LogP contribution in [-0.2, 0) is 11.2 Å². The van der Waals surface area contributed by atoms with Crippen LogP contribution in [0.3, 0.4) is 0 Å². The number of ether oxygens (including phenoxy) is 2. The molecule has 120 valence electrons. The number of hydrogen-bond acceptors (Lipinski definition) is 5. The molecule has 1 aromatic carbocycles. The lowest BCUT2D eigenvalue weighted by atomic mass is 10.1. The highest BCUT2D eigenvalue weighted by Gasteiger charge is 2.33. The van der Waals surface area contributed by atoms with Crippen molar-refractivity contribution in [3.63, 3.8) is 0 Å². The smallest absolute Gasteiger partial charge is 0.233 e. The largest absolute Gasteiger partial charge is 0.454 e. The number of hydrogen-bond donors (Lipinski definition) is 0. The van der Waals surface area contributed by atoms with Gasteiger partial charge in [-0.1, -0.05) is 17.7 Å². The summed E-state index contributed by atoms with van der Waals surface area (Å²) in [6.45, 7) is 0.965. The normalized spacial score (nSPS) is 19.6. The third kappa shape index (κ3) is 3.03. The Labute approximate surface area is 147 Å². The fourth-order valence-corrected chi connectivity index (χ4v) is 5.25. The zero-order valence-corrected chi connectivity index (χ0v) is 14.5. The van der Waals surface area contributed by atoms with E-state index < -0.39 is 0 Å². The van der Waals surface area contributed by atoms with Crippen LogP contribution in [0.4, 0.5) is 0 Å². The molecule has 4 rings (SSSR count). The maximum atomic E-state index is 12.2. The van der Waals surface area contributed by atoms with E-state index in [2.05, 4.69) is 0 Å². The SMILES string of the molecule is O=C1CSC(c2ccc(Cl)s2)N1CCc1ccc2c(c1)OCO2. The van der Waals surface area contributed by atoms with Gasteiger partial charge in [-0.3, -0.25) is 4.79 Å². The van der Waals surface area contributed by atoms with Crippen molar-refractivity contribution >= 4 is 40.6 Å². The van der Waals surface area contributed by atoms with Crippen LogP contribution < -0.4 is 9.47 Å². The van der Waals surface area contributed by atoms with Gasteiger partial charge in [0.2, 0.25) is 12.7 Å². The van der Waals surface area contributed by atoms with Crippen LogP contribution in [-0.4, -0.2) is 29.9 Å². The van der Waals surface area contributed by atoms with Crippen LogP contribution in [0, 0.1) is 0 Å². The summed E-state index contributed by atoms with van der Waals surface area (Å²) in [7, 11) is 0. The van der Waals surface area contributed by atoms with Gasteiger partial charge >= 0.3 is 0 Å². The first-order valence-corrected chi connectivity index (χ1v) is 9.50. The number of nitrogens with zero attached hydrogens (tertiary/aromatic N) is 1. The van der Waals surface area contributed by atoms with Gasteiger partial charge in [0.05, 0.1) is 10.1 Å². The summed E-state index contributed by atoms with van der Waals surface area (Å²) in [4.78, 5) is 15.3. The molecule has 0 aliphatic carbocycles. The van der Waals surface area contributed by atoms with Crippen LogP contribution in [0.15, 0.2) is 30.3 Å². The van der Waals surface area contributed by atoms with Gasteiger partial charge in [0.15, 0.2) is 11.5 Å². The summed E-state index contributed by atoms with van der Waals surface area (Å²) in [5.41, 5.74) is 1.14. The predicted octanol–water partition coefficient (Wildman–Crippen LogP) is 3.95. The average Bonchev–Trinajstić information content (AvgIpc) is 3.25. The molecule has 0 N–H and O–H groups in total. The van der Waals surface area contributed by atoms with Crippen LogP contribution >= 0.6 is 34.7 Å². The maximum absolute atomic E-state index is 12.2. The first-order chi connectivity index (χ1) is 11.2. The van der Waals surface area contributed by atoms with E-state index >= 15 is 0 Å². The molecular weight excluding hydrogens is 354 g/mol. The number of benzene rings is 1. The van der Waals surface area contributed by atoms with Crippen molar-refractivity contribution in [1.82, 2.24) is 4.90 Å². The molecule has 1 fully saturated rings. The van der Waals surface area contributed by atoms with E-state index in [1.807, 2.05) is 35.2 Å². The van der Waals surface area contributed by atoms with Gasteiger partial charge in [-0.25, -0.2) is 0 Å². The number of fused-ring (bicyclic) bond motifs is 1. The van der Waals surface area contributed by atoms with Gasteiger partial charge in [-0.05, 0) is 36.2 Å². The zero-order chi connectivity index (χ0) is 15.8. The number of rotatable bonds is 4. The van der Waals surface area contributed by atoms with E-state index in [0.29, 0.717) is 12.3 Å². The number of carbonyl (C=O) groups excluding carboxylic acids is 1. The fourth-order valence-electron chi connectivity index (χ4n) is 2.74. The molecular formula is C16H14ClNO3S2. The first-order valence-electron chi connectivity index (χ1n) is 7.25. The molecule has 4 nitrogen and oxygen atoms in total. The minimum Gasteiger partial charge on any atom is -0.454 e. The molecule has 1 aromatic heterocycles. The van der Waals surface area contributed by atoms with Crippen molar-refractivity contribution in [2.45, 2.75) is 11.8 Å². The second-order valence-corrected chi connectivity index (χ2v) is 8.15. The Morgan fingerprint density at radius 1 is 1.22 bits per heavy atom. The van der Waals surface area contributed by atoms with Crippen LogP contribution in [0.25, 0.3) is 0 Å². The minimum absolute atomic E-state index is 0.0778. The molecule has 2 aliphatic rings. The van der Waals surface area contributed by atoms with Gasteiger partial charge in [0, 0.05) is 11.4 Å². The third-order valence-corrected chi connectivity index (χ3v) is 6.55. The highest BCUT2D eigenvalue weighted by Crippen LogP contribution is 2.42. The van der Waals surface area contributed by atoms with Crippen LogP contribution in [0.2, 0.25) is 4.34 Å². The summed E-state index contributed by atoms with van der Waals surface area (Å²) in [6, 6.07) is 9.85. The third-order valence-electron chi connectivity index (χ3n) is 3.88. The molecule has 0 saturated carbocycles. The number of carbonyl (C=O) groups is 1. The zero-order valence-electron chi connectivity index (χ0n) is 12.2. The van der Waals surface area contributed by atoms with Gasteiger partial charge in [0.25, 0.3) is 0 Å². The predicted molar refractivity (Wildman–Crippen MR) is 92.5 cm³/mol. The maximum Gasteiger partial charge on any atom is 0.233 e. The summed E-state index contributed by atoms with van der Waals surface area (Å²) >= 11 is 9.24. The minimum atomic E-state index is 0.0778. The number of amides is 1. The molecule has 1 unspecified atom stereocenters. The lowest BCUT2D eigenvalue weighted by Crippen LogP contribution is -2.30. The Kier molecular flexibility index (Phi) is 4.13. The quantitative estimate of drug-likeness (QED) is 0.820. The van der Waals surface area contributed by atoms with E-state index in [9.17, 15) is 4.79 Å².